The Hall–Kier alpha value is -1.20. The van der Waals surface area contributed by atoms with Gasteiger partial charge >= 0.3 is 5.97 Å². The number of ether oxygens (including phenoxy) is 1. The first-order valence-corrected chi connectivity index (χ1v) is 6.12. The van der Waals surface area contributed by atoms with Crippen molar-refractivity contribution in [3.05, 3.63) is 39.8 Å². The largest absolute Gasteiger partial charge is 0.465 e. The highest BCUT2D eigenvalue weighted by molar-refractivity contribution is 9.10. The van der Waals surface area contributed by atoms with Gasteiger partial charge in [0.05, 0.1) is 13.3 Å². The minimum atomic E-state index is -0.351. The zero-order valence-corrected chi connectivity index (χ0v) is 10.8. The quantitative estimate of drug-likeness (QED) is 0.798. The van der Waals surface area contributed by atoms with Gasteiger partial charge < -0.3 is 4.74 Å². The molecule has 0 saturated heterocycles. The van der Waals surface area contributed by atoms with E-state index < -0.39 is 0 Å². The van der Waals surface area contributed by atoms with Crippen molar-refractivity contribution in [2.24, 2.45) is 0 Å². The maximum Gasteiger partial charge on any atom is 0.349 e. The molecule has 0 saturated carbocycles. The van der Waals surface area contributed by atoms with E-state index in [4.69, 9.17) is 0 Å². The number of nitrogens with zero attached hydrogens (tertiary/aromatic N) is 1. The van der Waals surface area contributed by atoms with Crippen LogP contribution in [0, 0.1) is 0 Å². The summed E-state index contributed by atoms with van der Waals surface area (Å²) < 4.78 is 5.59. The number of rotatable bonds is 2. The van der Waals surface area contributed by atoms with Gasteiger partial charge in [0, 0.05) is 10.0 Å². The fourth-order valence-electron chi connectivity index (χ4n) is 1.23. The van der Waals surface area contributed by atoms with Crippen LogP contribution in [0.2, 0.25) is 0 Å². The Labute approximate surface area is 105 Å². The summed E-state index contributed by atoms with van der Waals surface area (Å²) in [6.45, 7) is 0. The molecule has 5 heteroatoms. The fourth-order valence-corrected chi connectivity index (χ4v) is 2.71. The first-order valence-electron chi connectivity index (χ1n) is 4.51. The number of halogens is 1. The molecule has 0 N–H and O–H groups in total. The Morgan fingerprint density at radius 2 is 2.19 bits per heavy atom. The Morgan fingerprint density at radius 1 is 1.44 bits per heavy atom. The van der Waals surface area contributed by atoms with Crippen molar-refractivity contribution in [3.63, 3.8) is 0 Å². The summed E-state index contributed by atoms with van der Waals surface area (Å²) in [5, 5.41) is 0.799. The van der Waals surface area contributed by atoms with Crippen molar-refractivity contribution in [3.8, 4) is 10.6 Å². The minimum Gasteiger partial charge on any atom is -0.465 e. The van der Waals surface area contributed by atoms with Gasteiger partial charge in [0.15, 0.2) is 0 Å². The van der Waals surface area contributed by atoms with Crippen molar-refractivity contribution in [1.29, 1.82) is 0 Å². The molecule has 0 spiro atoms. The van der Waals surface area contributed by atoms with Crippen LogP contribution in [-0.2, 0) is 4.74 Å². The second kappa shape index (κ2) is 4.76. The van der Waals surface area contributed by atoms with Gasteiger partial charge in [-0.2, -0.15) is 0 Å². The van der Waals surface area contributed by atoms with Gasteiger partial charge in [-0.25, -0.2) is 9.78 Å². The predicted molar refractivity (Wildman–Crippen MR) is 66.6 cm³/mol. The zero-order chi connectivity index (χ0) is 11.5. The average Bonchev–Trinajstić information content (AvgIpc) is 2.78. The first kappa shape index (κ1) is 11.3. The van der Waals surface area contributed by atoms with Crippen molar-refractivity contribution < 1.29 is 9.53 Å². The number of carbonyl (C=O) groups is 1. The molecule has 0 aliphatic rings. The van der Waals surface area contributed by atoms with E-state index in [0.717, 1.165) is 15.0 Å². The summed E-state index contributed by atoms with van der Waals surface area (Å²) in [7, 11) is 1.36. The van der Waals surface area contributed by atoms with Crippen molar-refractivity contribution in [2.45, 2.75) is 0 Å². The highest BCUT2D eigenvalue weighted by Crippen LogP contribution is 2.31. The van der Waals surface area contributed by atoms with Gasteiger partial charge in [0.1, 0.15) is 9.88 Å². The smallest absolute Gasteiger partial charge is 0.349 e. The Bertz CT molecular complexity index is 524. The normalized spacial score (nSPS) is 10.1. The molecule has 0 unspecified atom stereocenters. The Kier molecular flexibility index (Phi) is 3.36. The Balaban J connectivity index is 2.39. The van der Waals surface area contributed by atoms with E-state index in [-0.39, 0.29) is 5.97 Å². The summed E-state index contributed by atoms with van der Waals surface area (Å²) in [5.41, 5.74) is 0.975. The number of hydrogen-bond donors (Lipinski definition) is 0. The summed E-state index contributed by atoms with van der Waals surface area (Å²) in [6, 6.07) is 7.75. The number of esters is 1. The molecule has 2 aromatic rings. The van der Waals surface area contributed by atoms with E-state index >= 15 is 0 Å². The fraction of sp³-hybridized carbons (Fsp3) is 0.0909. The lowest BCUT2D eigenvalue weighted by Crippen LogP contribution is -1.96. The number of benzene rings is 1. The van der Waals surface area contributed by atoms with Crippen LogP contribution in [0.15, 0.2) is 34.9 Å². The molecular weight excluding hydrogens is 290 g/mol. The van der Waals surface area contributed by atoms with Gasteiger partial charge in [0.25, 0.3) is 0 Å². The molecule has 0 radical (unpaired) electrons. The van der Waals surface area contributed by atoms with Crippen LogP contribution < -0.4 is 0 Å². The van der Waals surface area contributed by atoms with Crippen molar-refractivity contribution >= 4 is 33.2 Å². The number of carbonyl (C=O) groups excluding carboxylic acids is 1. The lowest BCUT2D eigenvalue weighted by Gasteiger charge is -1.98. The second-order valence-corrected chi connectivity index (χ2v) is 4.89. The molecule has 0 aliphatic heterocycles. The van der Waals surface area contributed by atoms with E-state index in [2.05, 4.69) is 25.7 Å². The van der Waals surface area contributed by atoms with Gasteiger partial charge in [-0.3, -0.25) is 0 Å². The summed E-state index contributed by atoms with van der Waals surface area (Å²) >= 11 is 4.76. The molecule has 0 aliphatic carbocycles. The lowest BCUT2D eigenvalue weighted by atomic mass is 10.2. The van der Waals surface area contributed by atoms with E-state index in [1.807, 2.05) is 24.3 Å². The van der Waals surface area contributed by atoms with E-state index in [1.54, 1.807) is 0 Å². The molecule has 3 nitrogen and oxygen atoms in total. The third kappa shape index (κ3) is 2.15. The molecule has 0 bridgehead atoms. The molecule has 0 atom stereocenters. The van der Waals surface area contributed by atoms with Crippen LogP contribution in [0.1, 0.15) is 9.67 Å². The number of thiazole rings is 1. The number of hydrogen-bond acceptors (Lipinski definition) is 4. The summed E-state index contributed by atoms with van der Waals surface area (Å²) in [4.78, 5) is 16.0. The van der Waals surface area contributed by atoms with Crippen LogP contribution >= 0.6 is 27.3 Å². The lowest BCUT2D eigenvalue weighted by molar-refractivity contribution is 0.0606. The van der Waals surface area contributed by atoms with Crippen LogP contribution in [0.25, 0.3) is 10.6 Å². The second-order valence-electron chi connectivity index (χ2n) is 3.00. The highest BCUT2D eigenvalue weighted by Gasteiger charge is 2.12. The van der Waals surface area contributed by atoms with E-state index in [1.165, 1.54) is 24.6 Å². The third-order valence-corrected chi connectivity index (χ3v) is 3.70. The van der Waals surface area contributed by atoms with Crippen LogP contribution in [0.5, 0.6) is 0 Å². The Morgan fingerprint density at radius 3 is 2.88 bits per heavy atom. The SMILES string of the molecule is COC(=O)c1cnc(-c2ccccc2Br)s1. The first-order chi connectivity index (χ1) is 7.72. The molecular formula is C11H8BrNO2S. The predicted octanol–water partition coefficient (Wildman–Crippen LogP) is 3.36. The summed E-state index contributed by atoms with van der Waals surface area (Å²) in [5.74, 6) is -0.351. The molecule has 1 heterocycles. The van der Waals surface area contributed by atoms with Crippen LogP contribution in [0.4, 0.5) is 0 Å². The highest BCUT2D eigenvalue weighted by atomic mass is 79.9. The third-order valence-electron chi connectivity index (χ3n) is 2.00. The molecule has 0 amide bonds. The van der Waals surface area contributed by atoms with Crippen LogP contribution in [-0.4, -0.2) is 18.1 Å². The molecule has 82 valence electrons. The van der Waals surface area contributed by atoms with Crippen molar-refractivity contribution in [2.75, 3.05) is 7.11 Å². The van der Waals surface area contributed by atoms with Crippen LogP contribution in [0.3, 0.4) is 0 Å². The van der Waals surface area contributed by atoms with E-state index in [0.29, 0.717) is 4.88 Å². The summed E-state index contributed by atoms with van der Waals surface area (Å²) in [6.07, 6.45) is 1.53. The standard InChI is InChI=1S/C11H8BrNO2S/c1-15-11(14)9-6-13-10(16-9)7-4-2-3-5-8(7)12/h2-6H,1H3. The molecule has 2 rings (SSSR count). The maximum absolute atomic E-state index is 11.3. The van der Waals surface area contributed by atoms with Crippen molar-refractivity contribution in [1.82, 2.24) is 4.98 Å². The maximum atomic E-state index is 11.3. The topological polar surface area (TPSA) is 39.2 Å². The van der Waals surface area contributed by atoms with Gasteiger partial charge in [-0.05, 0) is 6.07 Å². The molecule has 1 aromatic carbocycles. The molecule has 1 aromatic heterocycles. The van der Waals surface area contributed by atoms with Gasteiger partial charge in [-0.1, -0.05) is 34.1 Å². The molecule has 16 heavy (non-hydrogen) atoms. The van der Waals surface area contributed by atoms with Gasteiger partial charge in [0.2, 0.25) is 0 Å². The zero-order valence-electron chi connectivity index (χ0n) is 8.44. The molecule has 0 fully saturated rings. The monoisotopic (exact) mass is 297 g/mol. The average molecular weight is 298 g/mol. The van der Waals surface area contributed by atoms with Gasteiger partial charge in [-0.15, -0.1) is 11.3 Å². The minimum absolute atomic E-state index is 0.351. The number of aromatic nitrogens is 1. The number of methoxy groups -OCH3 is 1. The van der Waals surface area contributed by atoms with E-state index in [9.17, 15) is 4.79 Å².